The third-order valence-corrected chi connectivity index (χ3v) is 3.84. The Kier molecular flexibility index (Phi) is 8.07. The molecule has 0 aromatic heterocycles. The first-order chi connectivity index (χ1) is 13.4. The molecule has 0 saturated heterocycles. The summed E-state index contributed by atoms with van der Waals surface area (Å²) in [4.78, 5) is 24.1. The van der Waals surface area contributed by atoms with Crippen LogP contribution in [0.1, 0.15) is 20.3 Å². The first kappa shape index (κ1) is 21.5. The van der Waals surface area contributed by atoms with E-state index >= 15 is 0 Å². The van der Waals surface area contributed by atoms with Gasteiger partial charge in [-0.3, -0.25) is 4.79 Å². The third-order valence-electron chi connectivity index (χ3n) is 3.52. The normalized spacial score (nSPS) is 11.4. The van der Waals surface area contributed by atoms with Gasteiger partial charge in [0.2, 0.25) is 0 Å². The van der Waals surface area contributed by atoms with E-state index in [1.165, 1.54) is 13.0 Å². The fraction of sp³-hybridized carbons (Fsp3) is 0.300. The topological polar surface area (TPSA) is 73.9 Å². The number of nitrogens with one attached hydrogen (secondary N) is 1. The lowest BCUT2D eigenvalue weighted by atomic mass is 10.3. The number of esters is 1. The van der Waals surface area contributed by atoms with Gasteiger partial charge < -0.3 is 19.5 Å². The number of anilines is 1. The van der Waals surface area contributed by atoms with Crippen LogP contribution in [0, 0.1) is 5.82 Å². The molecular formula is C20H21ClFNO5. The predicted octanol–water partition coefficient (Wildman–Crippen LogP) is 4.22. The average molecular weight is 410 g/mol. The number of carbonyl (C=O) groups is 2. The first-order valence-electron chi connectivity index (χ1n) is 8.70. The second-order valence-corrected chi connectivity index (χ2v) is 6.24. The van der Waals surface area contributed by atoms with Gasteiger partial charge in [-0.25, -0.2) is 9.18 Å². The third kappa shape index (κ3) is 6.42. The summed E-state index contributed by atoms with van der Waals surface area (Å²) in [5.41, 5.74) is 0.217. The summed E-state index contributed by atoms with van der Waals surface area (Å²) in [6, 6.07) is 10.5. The SMILES string of the molecule is CCCOc1ccccc1OCC(=O)O[C@@H](C)C(=O)Nc1ccc(F)cc1Cl. The fourth-order valence-electron chi connectivity index (χ4n) is 2.15. The van der Waals surface area contributed by atoms with Gasteiger partial charge in [0, 0.05) is 0 Å². The highest BCUT2D eigenvalue weighted by Gasteiger charge is 2.19. The monoisotopic (exact) mass is 409 g/mol. The summed E-state index contributed by atoms with van der Waals surface area (Å²) in [5, 5.41) is 2.51. The van der Waals surface area contributed by atoms with Crippen molar-refractivity contribution in [2.75, 3.05) is 18.5 Å². The predicted molar refractivity (Wildman–Crippen MR) is 103 cm³/mol. The summed E-state index contributed by atoms with van der Waals surface area (Å²) in [6.07, 6.45) is -0.259. The summed E-state index contributed by atoms with van der Waals surface area (Å²) >= 11 is 5.86. The number of hydrogen-bond donors (Lipinski definition) is 1. The Morgan fingerprint density at radius 1 is 1.14 bits per heavy atom. The highest BCUT2D eigenvalue weighted by atomic mass is 35.5. The molecule has 0 radical (unpaired) electrons. The van der Waals surface area contributed by atoms with Crippen LogP contribution in [0.2, 0.25) is 5.02 Å². The van der Waals surface area contributed by atoms with Gasteiger partial charge in [-0.1, -0.05) is 30.7 Å². The quantitative estimate of drug-likeness (QED) is 0.628. The van der Waals surface area contributed by atoms with Gasteiger partial charge in [-0.2, -0.15) is 0 Å². The number of rotatable bonds is 9. The highest BCUT2D eigenvalue weighted by Crippen LogP contribution is 2.26. The van der Waals surface area contributed by atoms with Crippen LogP contribution in [0.4, 0.5) is 10.1 Å². The molecule has 8 heteroatoms. The molecule has 1 N–H and O–H groups in total. The van der Waals surface area contributed by atoms with Gasteiger partial charge in [0.15, 0.2) is 24.2 Å². The smallest absolute Gasteiger partial charge is 0.344 e. The van der Waals surface area contributed by atoms with Crippen LogP contribution in [0.3, 0.4) is 0 Å². The molecule has 2 aromatic rings. The lowest BCUT2D eigenvalue weighted by Gasteiger charge is -2.15. The zero-order chi connectivity index (χ0) is 20.5. The van der Waals surface area contributed by atoms with Crippen LogP contribution in [-0.2, 0) is 14.3 Å². The molecule has 28 heavy (non-hydrogen) atoms. The van der Waals surface area contributed by atoms with E-state index in [9.17, 15) is 14.0 Å². The minimum Gasteiger partial charge on any atom is -0.490 e. The summed E-state index contributed by atoms with van der Waals surface area (Å²) in [5.74, 6) is -0.925. The molecule has 0 aliphatic rings. The Balaban J connectivity index is 1.86. The Morgan fingerprint density at radius 2 is 1.82 bits per heavy atom. The molecule has 0 fully saturated rings. The number of ether oxygens (including phenoxy) is 3. The van der Waals surface area contributed by atoms with Crippen LogP contribution >= 0.6 is 11.6 Å². The standard InChI is InChI=1S/C20H21ClFNO5/c1-3-10-26-17-6-4-5-7-18(17)27-12-19(24)28-13(2)20(25)23-16-9-8-14(22)11-15(16)21/h4-9,11,13H,3,10,12H2,1-2H3,(H,23,25)/t13-/m0/s1. The molecule has 0 heterocycles. The van der Waals surface area contributed by atoms with Gasteiger partial charge in [0.05, 0.1) is 17.3 Å². The van der Waals surface area contributed by atoms with E-state index in [0.717, 1.165) is 18.6 Å². The molecule has 1 atom stereocenters. The molecule has 6 nitrogen and oxygen atoms in total. The van der Waals surface area contributed by atoms with Crippen LogP contribution < -0.4 is 14.8 Å². The minimum atomic E-state index is -1.09. The molecule has 0 bridgehead atoms. The molecule has 0 aliphatic heterocycles. The Hall–Kier alpha value is -2.80. The van der Waals surface area contributed by atoms with E-state index in [1.54, 1.807) is 24.3 Å². The van der Waals surface area contributed by atoms with E-state index in [-0.39, 0.29) is 17.3 Å². The van der Waals surface area contributed by atoms with Crippen molar-refractivity contribution in [3.05, 3.63) is 53.3 Å². The molecular weight excluding hydrogens is 389 g/mol. The molecule has 2 rings (SSSR count). The molecule has 2 aromatic carbocycles. The maximum absolute atomic E-state index is 13.0. The zero-order valence-electron chi connectivity index (χ0n) is 15.5. The lowest BCUT2D eigenvalue weighted by molar-refractivity contribution is -0.155. The zero-order valence-corrected chi connectivity index (χ0v) is 16.3. The van der Waals surface area contributed by atoms with Gasteiger partial charge in [0.25, 0.3) is 5.91 Å². The van der Waals surface area contributed by atoms with Crippen LogP contribution in [0.15, 0.2) is 42.5 Å². The van der Waals surface area contributed by atoms with E-state index in [4.69, 9.17) is 25.8 Å². The van der Waals surface area contributed by atoms with Gasteiger partial charge in [-0.05, 0) is 43.7 Å². The molecule has 0 saturated carbocycles. The van der Waals surface area contributed by atoms with E-state index in [2.05, 4.69) is 5.32 Å². The maximum Gasteiger partial charge on any atom is 0.344 e. The fourth-order valence-corrected chi connectivity index (χ4v) is 2.36. The van der Waals surface area contributed by atoms with Gasteiger partial charge in [0.1, 0.15) is 5.82 Å². The van der Waals surface area contributed by atoms with Gasteiger partial charge in [-0.15, -0.1) is 0 Å². The largest absolute Gasteiger partial charge is 0.490 e. The van der Waals surface area contributed by atoms with E-state index in [0.29, 0.717) is 18.1 Å². The van der Waals surface area contributed by atoms with Crippen molar-refractivity contribution >= 4 is 29.2 Å². The van der Waals surface area contributed by atoms with Crippen molar-refractivity contribution in [2.45, 2.75) is 26.4 Å². The molecule has 0 aliphatic carbocycles. The second kappa shape index (κ2) is 10.5. The minimum absolute atomic E-state index is 0.0406. The van der Waals surface area contributed by atoms with Crippen LogP contribution in [0.5, 0.6) is 11.5 Å². The highest BCUT2D eigenvalue weighted by molar-refractivity contribution is 6.33. The molecule has 1 amide bonds. The van der Waals surface area contributed by atoms with Crippen molar-refractivity contribution < 1.29 is 28.2 Å². The van der Waals surface area contributed by atoms with E-state index < -0.39 is 23.8 Å². The first-order valence-corrected chi connectivity index (χ1v) is 9.08. The van der Waals surface area contributed by atoms with Crippen molar-refractivity contribution in [3.8, 4) is 11.5 Å². The van der Waals surface area contributed by atoms with Gasteiger partial charge >= 0.3 is 5.97 Å². The van der Waals surface area contributed by atoms with Crippen molar-refractivity contribution in [2.24, 2.45) is 0 Å². The summed E-state index contributed by atoms with van der Waals surface area (Å²) in [6.45, 7) is 3.52. The van der Waals surface area contributed by atoms with Crippen LogP contribution in [0.25, 0.3) is 0 Å². The lowest BCUT2D eigenvalue weighted by Crippen LogP contribution is -2.31. The molecule has 0 spiro atoms. The number of halogens is 2. The van der Waals surface area contributed by atoms with Crippen molar-refractivity contribution in [1.29, 1.82) is 0 Å². The van der Waals surface area contributed by atoms with Crippen LogP contribution in [-0.4, -0.2) is 31.2 Å². The number of para-hydroxylation sites is 2. The molecule has 150 valence electrons. The Labute approximate surface area is 167 Å². The second-order valence-electron chi connectivity index (χ2n) is 5.83. The number of benzene rings is 2. The number of carbonyl (C=O) groups excluding carboxylic acids is 2. The maximum atomic E-state index is 13.0. The summed E-state index contributed by atoms with van der Waals surface area (Å²) < 4.78 is 29.1. The Morgan fingerprint density at radius 3 is 2.46 bits per heavy atom. The molecule has 0 unspecified atom stereocenters. The number of hydrogen-bond acceptors (Lipinski definition) is 5. The average Bonchev–Trinajstić information content (AvgIpc) is 2.67. The summed E-state index contributed by atoms with van der Waals surface area (Å²) in [7, 11) is 0. The Bertz CT molecular complexity index is 830. The van der Waals surface area contributed by atoms with E-state index in [1.807, 2.05) is 6.92 Å². The van der Waals surface area contributed by atoms with Crippen molar-refractivity contribution in [1.82, 2.24) is 0 Å². The van der Waals surface area contributed by atoms with Crippen molar-refractivity contribution in [3.63, 3.8) is 0 Å². The number of amides is 1.